The van der Waals surface area contributed by atoms with Crippen LogP contribution in [0.15, 0.2) is 0 Å². The first-order chi connectivity index (χ1) is 8.00. The lowest BCUT2D eigenvalue weighted by atomic mass is 10.2. The van der Waals surface area contributed by atoms with Crippen LogP contribution in [0.3, 0.4) is 0 Å². The number of urea groups is 1. The van der Waals surface area contributed by atoms with E-state index in [4.69, 9.17) is 9.84 Å². The average Bonchev–Trinajstić information content (AvgIpc) is 3.04. The molecule has 0 aromatic carbocycles. The zero-order valence-corrected chi connectivity index (χ0v) is 10.2. The SMILES string of the molecule is CC(C)OCCNC(=O)NC(C(=O)O)C1CC1. The molecule has 1 rings (SSSR count). The van der Waals surface area contributed by atoms with E-state index in [-0.39, 0.29) is 12.0 Å². The Morgan fingerprint density at radius 1 is 1.41 bits per heavy atom. The lowest BCUT2D eigenvalue weighted by molar-refractivity contribution is -0.139. The summed E-state index contributed by atoms with van der Waals surface area (Å²) in [6, 6.07) is -1.21. The second-order valence-corrected chi connectivity index (χ2v) is 4.47. The molecule has 0 bridgehead atoms. The van der Waals surface area contributed by atoms with Crippen LogP contribution in [0.5, 0.6) is 0 Å². The van der Waals surface area contributed by atoms with Gasteiger partial charge in [0.05, 0.1) is 12.7 Å². The van der Waals surface area contributed by atoms with Crippen LogP contribution in [0.1, 0.15) is 26.7 Å². The molecule has 1 aliphatic rings. The van der Waals surface area contributed by atoms with Crippen LogP contribution in [0.25, 0.3) is 0 Å². The first-order valence-electron chi connectivity index (χ1n) is 5.89. The average molecular weight is 244 g/mol. The normalized spacial score (nSPS) is 16.6. The standard InChI is InChI=1S/C11H20N2O4/c1-7(2)17-6-5-12-11(16)13-9(10(14)15)8-3-4-8/h7-9H,3-6H2,1-2H3,(H,14,15)(H2,12,13,16). The number of hydrogen-bond acceptors (Lipinski definition) is 3. The third-order valence-corrected chi connectivity index (χ3v) is 2.48. The van der Waals surface area contributed by atoms with Crippen LogP contribution >= 0.6 is 0 Å². The molecule has 0 radical (unpaired) electrons. The van der Waals surface area contributed by atoms with Gasteiger partial charge in [0.2, 0.25) is 0 Å². The third-order valence-electron chi connectivity index (χ3n) is 2.48. The summed E-state index contributed by atoms with van der Waals surface area (Å²) in [6.45, 7) is 4.62. The molecule has 3 N–H and O–H groups in total. The molecule has 17 heavy (non-hydrogen) atoms. The van der Waals surface area contributed by atoms with E-state index < -0.39 is 18.0 Å². The fraction of sp³-hybridized carbons (Fsp3) is 0.818. The molecule has 1 unspecified atom stereocenters. The van der Waals surface area contributed by atoms with Crippen LogP contribution in [-0.2, 0) is 9.53 Å². The molecule has 0 aromatic heterocycles. The van der Waals surface area contributed by atoms with Crippen molar-refractivity contribution in [2.75, 3.05) is 13.2 Å². The van der Waals surface area contributed by atoms with E-state index in [0.717, 1.165) is 12.8 Å². The Bertz CT molecular complexity index is 277. The van der Waals surface area contributed by atoms with E-state index >= 15 is 0 Å². The second-order valence-electron chi connectivity index (χ2n) is 4.47. The van der Waals surface area contributed by atoms with Gasteiger partial charge in [-0.1, -0.05) is 0 Å². The van der Waals surface area contributed by atoms with Gasteiger partial charge in [-0.2, -0.15) is 0 Å². The van der Waals surface area contributed by atoms with E-state index in [0.29, 0.717) is 13.2 Å². The minimum absolute atomic E-state index is 0.0881. The molecule has 1 fully saturated rings. The van der Waals surface area contributed by atoms with E-state index in [1.54, 1.807) is 0 Å². The molecule has 0 saturated heterocycles. The zero-order chi connectivity index (χ0) is 12.8. The lowest BCUT2D eigenvalue weighted by Gasteiger charge is -2.14. The second kappa shape index (κ2) is 6.44. The molecule has 1 atom stereocenters. The van der Waals surface area contributed by atoms with E-state index in [1.807, 2.05) is 13.8 Å². The monoisotopic (exact) mass is 244 g/mol. The summed E-state index contributed by atoms with van der Waals surface area (Å²) in [7, 11) is 0. The van der Waals surface area contributed by atoms with Gasteiger partial charge in [-0.3, -0.25) is 0 Å². The van der Waals surface area contributed by atoms with Crippen molar-refractivity contribution in [3.63, 3.8) is 0 Å². The van der Waals surface area contributed by atoms with Crippen molar-refractivity contribution >= 4 is 12.0 Å². The van der Waals surface area contributed by atoms with Crippen LogP contribution in [0.2, 0.25) is 0 Å². The summed E-state index contributed by atoms with van der Waals surface area (Å²) in [5.41, 5.74) is 0. The molecule has 98 valence electrons. The van der Waals surface area contributed by atoms with Crippen molar-refractivity contribution in [2.24, 2.45) is 5.92 Å². The minimum Gasteiger partial charge on any atom is -0.480 e. The molecule has 1 aliphatic carbocycles. The van der Waals surface area contributed by atoms with Crippen LogP contribution in [0, 0.1) is 5.92 Å². The highest BCUT2D eigenvalue weighted by Crippen LogP contribution is 2.32. The number of aliphatic carboxylic acids is 1. The predicted molar refractivity (Wildman–Crippen MR) is 61.8 cm³/mol. The highest BCUT2D eigenvalue weighted by molar-refractivity contribution is 5.83. The summed E-state index contributed by atoms with van der Waals surface area (Å²) < 4.78 is 5.25. The zero-order valence-electron chi connectivity index (χ0n) is 10.2. The predicted octanol–water partition coefficient (Wildman–Crippen LogP) is 0.574. The van der Waals surface area contributed by atoms with Gasteiger partial charge in [0, 0.05) is 6.54 Å². The summed E-state index contributed by atoms with van der Waals surface area (Å²) in [4.78, 5) is 22.3. The number of rotatable bonds is 7. The van der Waals surface area contributed by atoms with Crippen molar-refractivity contribution < 1.29 is 19.4 Å². The number of carboxylic acid groups (broad SMARTS) is 1. The number of carbonyl (C=O) groups excluding carboxylic acids is 1. The summed E-state index contributed by atoms with van der Waals surface area (Å²) in [5, 5.41) is 13.9. The van der Waals surface area contributed by atoms with E-state index in [9.17, 15) is 9.59 Å². The van der Waals surface area contributed by atoms with Crippen molar-refractivity contribution in [3.8, 4) is 0 Å². The quantitative estimate of drug-likeness (QED) is 0.571. The third kappa shape index (κ3) is 5.53. The summed E-state index contributed by atoms with van der Waals surface area (Å²) in [6.07, 6.45) is 1.86. The molecule has 2 amide bonds. The number of amides is 2. The minimum atomic E-state index is -0.971. The summed E-state index contributed by atoms with van der Waals surface area (Å²) in [5.74, 6) is -0.883. The van der Waals surface area contributed by atoms with E-state index in [1.165, 1.54) is 0 Å². The number of carboxylic acids is 1. The molecule has 0 aliphatic heterocycles. The van der Waals surface area contributed by atoms with E-state index in [2.05, 4.69) is 10.6 Å². The fourth-order valence-electron chi connectivity index (χ4n) is 1.46. The van der Waals surface area contributed by atoms with Gasteiger partial charge >= 0.3 is 12.0 Å². The van der Waals surface area contributed by atoms with Crippen molar-refractivity contribution in [1.82, 2.24) is 10.6 Å². The lowest BCUT2D eigenvalue weighted by Crippen LogP contribution is -2.47. The molecule has 0 aromatic rings. The van der Waals surface area contributed by atoms with Crippen molar-refractivity contribution in [2.45, 2.75) is 38.8 Å². The first kappa shape index (κ1) is 13.8. The Morgan fingerprint density at radius 3 is 2.53 bits per heavy atom. The molecule has 0 spiro atoms. The van der Waals surface area contributed by atoms with Gasteiger partial charge in [0.15, 0.2) is 0 Å². The maximum Gasteiger partial charge on any atom is 0.326 e. The van der Waals surface area contributed by atoms with Crippen LogP contribution in [-0.4, -0.2) is 42.4 Å². The Balaban J connectivity index is 2.16. The maximum atomic E-state index is 11.4. The number of nitrogens with one attached hydrogen (secondary N) is 2. The first-order valence-corrected chi connectivity index (χ1v) is 5.89. The van der Waals surface area contributed by atoms with Gasteiger partial charge in [-0.15, -0.1) is 0 Å². The maximum absolute atomic E-state index is 11.4. The summed E-state index contributed by atoms with van der Waals surface area (Å²) >= 11 is 0. The van der Waals surface area contributed by atoms with Gasteiger partial charge < -0.3 is 20.5 Å². The Morgan fingerprint density at radius 2 is 2.06 bits per heavy atom. The van der Waals surface area contributed by atoms with Crippen molar-refractivity contribution in [3.05, 3.63) is 0 Å². The number of carbonyl (C=O) groups is 2. The van der Waals surface area contributed by atoms with Gasteiger partial charge in [-0.05, 0) is 32.6 Å². The highest BCUT2D eigenvalue weighted by Gasteiger charge is 2.37. The molecular weight excluding hydrogens is 224 g/mol. The largest absolute Gasteiger partial charge is 0.480 e. The Hall–Kier alpha value is -1.30. The Labute approximate surface area is 101 Å². The van der Waals surface area contributed by atoms with Gasteiger partial charge in [-0.25, -0.2) is 9.59 Å². The topological polar surface area (TPSA) is 87.7 Å². The highest BCUT2D eigenvalue weighted by atomic mass is 16.5. The molecule has 6 nitrogen and oxygen atoms in total. The molecule has 0 heterocycles. The van der Waals surface area contributed by atoms with Crippen molar-refractivity contribution in [1.29, 1.82) is 0 Å². The number of hydrogen-bond donors (Lipinski definition) is 3. The smallest absolute Gasteiger partial charge is 0.326 e. The fourth-order valence-corrected chi connectivity index (χ4v) is 1.46. The molecular formula is C11H20N2O4. The van der Waals surface area contributed by atoms with Gasteiger partial charge in [0.1, 0.15) is 6.04 Å². The van der Waals surface area contributed by atoms with Crippen LogP contribution in [0.4, 0.5) is 4.79 Å². The Kier molecular flexibility index (Phi) is 5.21. The number of ether oxygens (including phenoxy) is 1. The van der Waals surface area contributed by atoms with Crippen LogP contribution < -0.4 is 10.6 Å². The molecule has 6 heteroatoms. The molecule has 1 saturated carbocycles. The van der Waals surface area contributed by atoms with Gasteiger partial charge in [0.25, 0.3) is 0 Å².